The minimum atomic E-state index is 0.284. The lowest BCUT2D eigenvalue weighted by Gasteiger charge is -2.41. The van der Waals surface area contributed by atoms with Crippen LogP contribution in [0.5, 0.6) is 11.5 Å². The predicted molar refractivity (Wildman–Crippen MR) is 117 cm³/mol. The third kappa shape index (κ3) is 4.30. The number of ether oxygens (including phenoxy) is 2. The molecule has 0 fully saturated rings. The SMILES string of the molecule is COc1cc(OCc2ccccc2)cc2c1[C@@H](C)N(Cc1ccccc1)[C@H](C)C2. The third-order valence-corrected chi connectivity index (χ3v) is 5.87. The van der Waals surface area contributed by atoms with Crippen LogP contribution in [0.25, 0.3) is 0 Å². The van der Waals surface area contributed by atoms with Gasteiger partial charge in [-0.3, -0.25) is 4.90 Å². The first kappa shape index (κ1) is 19.5. The van der Waals surface area contributed by atoms with Gasteiger partial charge < -0.3 is 9.47 Å². The van der Waals surface area contributed by atoms with Gasteiger partial charge in [0.15, 0.2) is 0 Å². The van der Waals surface area contributed by atoms with Gasteiger partial charge in [-0.15, -0.1) is 0 Å². The number of methoxy groups -OCH3 is 1. The van der Waals surface area contributed by atoms with Gasteiger partial charge in [-0.2, -0.15) is 0 Å². The summed E-state index contributed by atoms with van der Waals surface area (Å²) in [7, 11) is 1.75. The molecule has 1 aliphatic rings. The molecule has 3 heteroatoms. The minimum Gasteiger partial charge on any atom is -0.496 e. The fourth-order valence-corrected chi connectivity index (χ4v) is 4.36. The number of hydrogen-bond donors (Lipinski definition) is 0. The quantitative estimate of drug-likeness (QED) is 0.535. The van der Waals surface area contributed by atoms with Crippen LogP contribution in [-0.2, 0) is 19.6 Å². The van der Waals surface area contributed by atoms with Crippen LogP contribution >= 0.6 is 0 Å². The van der Waals surface area contributed by atoms with Crippen LogP contribution in [-0.4, -0.2) is 18.1 Å². The summed E-state index contributed by atoms with van der Waals surface area (Å²) < 4.78 is 11.9. The number of rotatable bonds is 6. The molecule has 4 rings (SSSR count). The van der Waals surface area contributed by atoms with Crippen molar-refractivity contribution in [3.8, 4) is 11.5 Å². The molecule has 1 aliphatic heterocycles. The van der Waals surface area contributed by atoms with Gasteiger partial charge in [0.25, 0.3) is 0 Å². The summed E-state index contributed by atoms with van der Waals surface area (Å²) in [5.41, 5.74) is 5.13. The van der Waals surface area contributed by atoms with Gasteiger partial charge in [0.1, 0.15) is 18.1 Å². The first-order valence-corrected chi connectivity index (χ1v) is 10.3. The second-order valence-electron chi connectivity index (χ2n) is 7.86. The molecule has 0 saturated carbocycles. The second-order valence-corrected chi connectivity index (χ2v) is 7.86. The molecule has 0 bridgehead atoms. The summed E-state index contributed by atoms with van der Waals surface area (Å²) in [6.07, 6.45) is 0.991. The smallest absolute Gasteiger partial charge is 0.127 e. The molecular weight excluding hydrogens is 358 g/mol. The van der Waals surface area contributed by atoms with Crippen LogP contribution in [0.15, 0.2) is 72.8 Å². The minimum absolute atomic E-state index is 0.284. The zero-order chi connectivity index (χ0) is 20.2. The predicted octanol–water partition coefficient (Wildman–Crippen LogP) is 5.78. The van der Waals surface area contributed by atoms with E-state index in [2.05, 4.69) is 67.3 Å². The molecule has 150 valence electrons. The van der Waals surface area contributed by atoms with E-state index in [-0.39, 0.29) is 6.04 Å². The van der Waals surface area contributed by atoms with Gasteiger partial charge in [0, 0.05) is 30.3 Å². The van der Waals surface area contributed by atoms with Crippen molar-refractivity contribution in [1.82, 2.24) is 4.90 Å². The van der Waals surface area contributed by atoms with E-state index in [1.165, 1.54) is 22.3 Å². The van der Waals surface area contributed by atoms with Crippen LogP contribution < -0.4 is 9.47 Å². The van der Waals surface area contributed by atoms with E-state index in [9.17, 15) is 0 Å². The molecule has 2 atom stereocenters. The Balaban J connectivity index is 1.58. The van der Waals surface area contributed by atoms with Crippen molar-refractivity contribution in [2.75, 3.05) is 7.11 Å². The standard InChI is InChI=1S/C26H29NO2/c1-19-14-23-15-24(29-18-22-12-8-5-9-13-22)16-25(28-3)26(23)20(2)27(19)17-21-10-6-4-7-11-21/h4-13,15-16,19-20H,14,17-18H2,1-3H3/t19-,20-/m1/s1. The van der Waals surface area contributed by atoms with E-state index in [1.807, 2.05) is 24.3 Å². The summed E-state index contributed by atoms with van der Waals surface area (Å²) in [4.78, 5) is 2.56. The summed E-state index contributed by atoms with van der Waals surface area (Å²) in [6.45, 7) is 6.10. The molecule has 0 N–H and O–H groups in total. The topological polar surface area (TPSA) is 21.7 Å². The Morgan fingerprint density at radius 1 is 0.897 bits per heavy atom. The Labute approximate surface area is 173 Å². The Morgan fingerprint density at radius 3 is 2.21 bits per heavy atom. The van der Waals surface area contributed by atoms with E-state index < -0.39 is 0 Å². The van der Waals surface area contributed by atoms with Crippen molar-refractivity contribution in [3.05, 3.63) is 95.1 Å². The number of fused-ring (bicyclic) bond motifs is 1. The summed E-state index contributed by atoms with van der Waals surface area (Å²) >= 11 is 0. The van der Waals surface area contributed by atoms with Crippen molar-refractivity contribution in [2.24, 2.45) is 0 Å². The van der Waals surface area contributed by atoms with Gasteiger partial charge in [0.2, 0.25) is 0 Å². The average Bonchev–Trinajstić information content (AvgIpc) is 2.76. The molecule has 0 saturated heterocycles. The highest BCUT2D eigenvalue weighted by Crippen LogP contribution is 2.41. The highest BCUT2D eigenvalue weighted by atomic mass is 16.5. The third-order valence-electron chi connectivity index (χ3n) is 5.87. The maximum Gasteiger partial charge on any atom is 0.127 e. The molecule has 0 spiro atoms. The monoisotopic (exact) mass is 387 g/mol. The van der Waals surface area contributed by atoms with Crippen LogP contribution in [0.1, 0.15) is 42.1 Å². The lowest BCUT2D eigenvalue weighted by molar-refractivity contribution is 0.126. The van der Waals surface area contributed by atoms with Crippen molar-refractivity contribution < 1.29 is 9.47 Å². The maximum absolute atomic E-state index is 6.10. The Kier molecular flexibility index (Phi) is 5.86. The first-order valence-electron chi connectivity index (χ1n) is 10.3. The van der Waals surface area contributed by atoms with E-state index in [1.54, 1.807) is 7.11 Å². The fraction of sp³-hybridized carbons (Fsp3) is 0.308. The fourth-order valence-electron chi connectivity index (χ4n) is 4.36. The van der Waals surface area contributed by atoms with Crippen molar-refractivity contribution in [3.63, 3.8) is 0 Å². The molecule has 0 unspecified atom stereocenters. The average molecular weight is 388 g/mol. The molecule has 1 heterocycles. The van der Waals surface area contributed by atoms with E-state index in [4.69, 9.17) is 9.47 Å². The van der Waals surface area contributed by atoms with Crippen LogP contribution in [0.3, 0.4) is 0 Å². The second kappa shape index (κ2) is 8.71. The van der Waals surface area contributed by atoms with E-state index >= 15 is 0 Å². The number of benzene rings is 3. The van der Waals surface area contributed by atoms with Crippen LogP contribution in [0.4, 0.5) is 0 Å². The van der Waals surface area contributed by atoms with Gasteiger partial charge in [-0.25, -0.2) is 0 Å². The molecular formula is C26H29NO2. The molecule has 0 aromatic heterocycles. The Morgan fingerprint density at radius 2 is 1.55 bits per heavy atom. The van der Waals surface area contributed by atoms with Crippen molar-refractivity contribution in [1.29, 1.82) is 0 Å². The lowest BCUT2D eigenvalue weighted by Crippen LogP contribution is -2.40. The largest absolute Gasteiger partial charge is 0.496 e. The molecule has 0 amide bonds. The van der Waals surface area contributed by atoms with Crippen molar-refractivity contribution >= 4 is 0 Å². The van der Waals surface area contributed by atoms with Crippen LogP contribution in [0.2, 0.25) is 0 Å². The molecule has 0 radical (unpaired) electrons. The Hall–Kier alpha value is -2.78. The lowest BCUT2D eigenvalue weighted by atomic mass is 9.88. The van der Waals surface area contributed by atoms with E-state index in [0.717, 1.165) is 24.5 Å². The molecule has 3 aromatic rings. The highest BCUT2D eigenvalue weighted by Gasteiger charge is 2.32. The normalized spacial score (nSPS) is 18.9. The highest BCUT2D eigenvalue weighted by molar-refractivity contribution is 5.50. The van der Waals surface area contributed by atoms with Crippen LogP contribution in [0, 0.1) is 0 Å². The molecule has 0 aliphatic carbocycles. The molecule has 29 heavy (non-hydrogen) atoms. The first-order chi connectivity index (χ1) is 14.2. The van der Waals surface area contributed by atoms with Crippen molar-refractivity contribution in [2.45, 2.75) is 45.5 Å². The zero-order valence-corrected chi connectivity index (χ0v) is 17.5. The molecule has 3 aromatic carbocycles. The van der Waals surface area contributed by atoms with Gasteiger partial charge >= 0.3 is 0 Å². The number of hydrogen-bond acceptors (Lipinski definition) is 3. The van der Waals surface area contributed by atoms with Gasteiger partial charge in [-0.05, 0) is 43.0 Å². The number of nitrogens with zero attached hydrogens (tertiary/aromatic N) is 1. The van der Waals surface area contributed by atoms with Gasteiger partial charge in [-0.1, -0.05) is 60.7 Å². The Bertz CT molecular complexity index is 940. The molecule has 3 nitrogen and oxygen atoms in total. The maximum atomic E-state index is 6.10. The summed E-state index contributed by atoms with van der Waals surface area (Å²) in [5, 5.41) is 0. The summed E-state index contributed by atoms with van der Waals surface area (Å²) in [6, 6.07) is 25.9. The van der Waals surface area contributed by atoms with E-state index in [0.29, 0.717) is 12.6 Å². The zero-order valence-electron chi connectivity index (χ0n) is 17.5. The van der Waals surface area contributed by atoms with Gasteiger partial charge in [0.05, 0.1) is 7.11 Å². The summed E-state index contributed by atoms with van der Waals surface area (Å²) in [5.74, 6) is 1.79.